The highest BCUT2D eigenvalue weighted by Gasteiger charge is 2.34. The highest BCUT2D eigenvalue weighted by Crippen LogP contribution is 2.33. The number of hydrogen-bond acceptors (Lipinski definition) is 5. The van der Waals surface area contributed by atoms with Gasteiger partial charge in [-0.05, 0) is 40.1 Å². The van der Waals surface area contributed by atoms with Crippen LogP contribution in [0.25, 0.3) is 0 Å². The molecule has 0 fully saturated rings. The van der Waals surface area contributed by atoms with Crippen LogP contribution in [0.4, 0.5) is 8.78 Å². The lowest BCUT2D eigenvalue weighted by molar-refractivity contribution is 0.162. The van der Waals surface area contributed by atoms with Crippen molar-refractivity contribution in [3.8, 4) is 0 Å². The van der Waals surface area contributed by atoms with E-state index in [4.69, 9.17) is 0 Å². The molecular formula is C15H13F2N5S. The number of hydrogen-bond donors (Lipinski definition) is 0. The number of nitrogens with zero attached hydrogens (tertiary/aromatic N) is 5. The largest absolute Gasteiger partial charge is 0.283 e. The maximum absolute atomic E-state index is 14.3. The van der Waals surface area contributed by atoms with Crippen LogP contribution in [0.2, 0.25) is 0 Å². The summed E-state index contributed by atoms with van der Waals surface area (Å²) in [5.41, 5.74) is 0.261. The van der Waals surface area contributed by atoms with Gasteiger partial charge >= 0.3 is 0 Å². The number of thiophene rings is 1. The Morgan fingerprint density at radius 2 is 2.13 bits per heavy atom. The molecule has 0 N–H and O–H groups in total. The Hall–Kier alpha value is -2.19. The van der Waals surface area contributed by atoms with Crippen LogP contribution in [0.5, 0.6) is 0 Å². The van der Waals surface area contributed by atoms with Gasteiger partial charge in [0.2, 0.25) is 0 Å². The molecule has 23 heavy (non-hydrogen) atoms. The first-order valence-corrected chi connectivity index (χ1v) is 8.08. The minimum absolute atomic E-state index is 0.261. The Morgan fingerprint density at radius 3 is 2.96 bits per heavy atom. The summed E-state index contributed by atoms with van der Waals surface area (Å²) < 4.78 is 29.7. The van der Waals surface area contributed by atoms with Crippen molar-refractivity contribution in [1.82, 2.24) is 25.1 Å². The van der Waals surface area contributed by atoms with Gasteiger partial charge in [-0.1, -0.05) is 6.07 Å². The number of halogens is 2. The number of aromatic nitrogens is 4. The van der Waals surface area contributed by atoms with Crippen LogP contribution in [-0.4, -0.2) is 31.7 Å². The first kappa shape index (κ1) is 14.4. The first-order valence-electron chi connectivity index (χ1n) is 7.20. The van der Waals surface area contributed by atoms with Gasteiger partial charge in [-0.15, -0.1) is 16.4 Å². The van der Waals surface area contributed by atoms with Crippen molar-refractivity contribution in [1.29, 1.82) is 0 Å². The fraction of sp³-hybridized carbons (Fsp3) is 0.267. The zero-order valence-electron chi connectivity index (χ0n) is 12.1. The number of tetrazole rings is 1. The van der Waals surface area contributed by atoms with E-state index >= 15 is 0 Å². The molecule has 5 nitrogen and oxygen atoms in total. The Bertz CT molecular complexity index is 817. The monoisotopic (exact) mass is 333 g/mol. The van der Waals surface area contributed by atoms with Crippen LogP contribution < -0.4 is 0 Å². The molecule has 0 amide bonds. The molecule has 0 aliphatic carbocycles. The molecule has 1 atom stereocenters. The van der Waals surface area contributed by atoms with Gasteiger partial charge in [-0.2, -0.15) is 0 Å². The first-order chi connectivity index (χ1) is 11.2. The quantitative estimate of drug-likeness (QED) is 0.739. The standard InChI is InChI=1S/C15H13F2N5S/c16-10-3-4-13(17)12(8-10)14-15-18-19-20-22(15)6-5-21(14)9-11-2-1-7-23-11/h1-4,7-8,14H,5-6,9H2. The van der Waals surface area contributed by atoms with Gasteiger partial charge in [0.15, 0.2) is 5.82 Å². The number of fused-ring (bicyclic) bond motifs is 1. The van der Waals surface area contributed by atoms with Crippen LogP contribution in [0.3, 0.4) is 0 Å². The Morgan fingerprint density at radius 1 is 1.22 bits per heavy atom. The number of benzene rings is 1. The highest BCUT2D eigenvalue weighted by molar-refractivity contribution is 7.09. The van der Waals surface area contributed by atoms with E-state index in [1.807, 2.05) is 17.5 Å². The van der Waals surface area contributed by atoms with Crippen molar-refractivity contribution < 1.29 is 8.78 Å². The highest BCUT2D eigenvalue weighted by atomic mass is 32.1. The fourth-order valence-electron chi connectivity index (χ4n) is 2.92. The SMILES string of the molecule is Fc1ccc(F)c(C2c3nnnn3CCN2Cc2cccs2)c1. The topological polar surface area (TPSA) is 46.8 Å². The molecule has 1 aliphatic rings. The van der Waals surface area contributed by atoms with E-state index in [-0.39, 0.29) is 5.56 Å². The zero-order valence-corrected chi connectivity index (χ0v) is 12.9. The van der Waals surface area contributed by atoms with E-state index in [9.17, 15) is 8.78 Å². The second kappa shape index (κ2) is 5.78. The van der Waals surface area contributed by atoms with E-state index in [0.717, 1.165) is 17.0 Å². The average Bonchev–Trinajstić information content (AvgIpc) is 3.21. The summed E-state index contributed by atoms with van der Waals surface area (Å²) in [7, 11) is 0. The molecule has 1 aromatic carbocycles. The smallest absolute Gasteiger partial charge is 0.173 e. The van der Waals surface area contributed by atoms with E-state index in [1.54, 1.807) is 16.0 Å². The van der Waals surface area contributed by atoms with Gasteiger partial charge in [0.25, 0.3) is 0 Å². The molecule has 0 radical (unpaired) electrons. The Balaban J connectivity index is 1.78. The van der Waals surface area contributed by atoms with Crippen molar-refractivity contribution in [3.63, 3.8) is 0 Å². The van der Waals surface area contributed by atoms with E-state index < -0.39 is 17.7 Å². The lowest BCUT2D eigenvalue weighted by atomic mass is 10.0. The second-order valence-corrected chi connectivity index (χ2v) is 6.41. The molecule has 0 spiro atoms. The van der Waals surface area contributed by atoms with Crippen LogP contribution in [0, 0.1) is 11.6 Å². The minimum Gasteiger partial charge on any atom is -0.283 e. The van der Waals surface area contributed by atoms with Crippen LogP contribution >= 0.6 is 11.3 Å². The van der Waals surface area contributed by atoms with E-state index in [2.05, 4.69) is 20.4 Å². The van der Waals surface area contributed by atoms with Gasteiger partial charge < -0.3 is 0 Å². The maximum Gasteiger partial charge on any atom is 0.173 e. The van der Waals surface area contributed by atoms with Gasteiger partial charge in [0.1, 0.15) is 17.7 Å². The molecule has 2 aromatic heterocycles. The van der Waals surface area contributed by atoms with Crippen molar-refractivity contribution in [3.05, 3.63) is 63.6 Å². The lowest BCUT2D eigenvalue weighted by Crippen LogP contribution is -2.39. The summed E-state index contributed by atoms with van der Waals surface area (Å²) in [4.78, 5) is 3.24. The molecule has 8 heteroatoms. The van der Waals surface area contributed by atoms with Gasteiger partial charge in [-0.25, -0.2) is 13.5 Å². The minimum atomic E-state index is -0.503. The zero-order chi connectivity index (χ0) is 15.8. The third kappa shape index (κ3) is 2.64. The second-order valence-electron chi connectivity index (χ2n) is 5.38. The number of rotatable bonds is 3. The van der Waals surface area contributed by atoms with E-state index in [0.29, 0.717) is 25.5 Å². The summed E-state index contributed by atoms with van der Waals surface area (Å²) in [6, 6.07) is 7.00. The molecule has 118 valence electrons. The van der Waals surface area contributed by atoms with Crippen LogP contribution in [0.1, 0.15) is 22.3 Å². The van der Waals surface area contributed by atoms with Gasteiger partial charge in [-0.3, -0.25) is 4.90 Å². The normalized spacial score (nSPS) is 18.1. The third-order valence-electron chi connectivity index (χ3n) is 3.96. The average molecular weight is 333 g/mol. The summed E-state index contributed by atoms with van der Waals surface area (Å²) in [6.45, 7) is 1.93. The van der Waals surface area contributed by atoms with Gasteiger partial charge in [0, 0.05) is 23.5 Å². The molecule has 0 bridgehead atoms. The van der Waals surface area contributed by atoms with Crippen LogP contribution in [-0.2, 0) is 13.1 Å². The summed E-state index contributed by atoms with van der Waals surface area (Å²) in [6.07, 6.45) is 0. The Labute approximate surface area is 135 Å². The summed E-state index contributed by atoms with van der Waals surface area (Å²) in [5.74, 6) is -0.386. The summed E-state index contributed by atoms with van der Waals surface area (Å²) >= 11 is 1.64. The molecule has 0 saturated heterocycles. The van der Waals surface area contributed by atoms with Crippen LogP contribution in [0.15, 0.2) is 35.7 Å². The molecule has 3 heterocycles. The predicted molar refractivity (Wildman–Crippen MR) is 80.7 cm³/mol. The molecule has 4 rings (SSSR count). The lowest BCUT2D eigenvalue weighted by Gasteiger charge is -2.34. The van der Waals surface area contributed by atoms with E-state index in [1.165, 1.54) is 6.07 Å². The van der Waals surface area contributed by atoms with Crippen molar-refractivity contribution in [2.24, 2.45) is 0 Å². The molecule has 1 aliphatic heterocycles. The molecular weight excluding hydrogens is 320 g/mol. The predicted octanol–water partition coefficient (Wildman–Crippen LogP) is 2.62. The van der Waals surface area contributed by atoms with Crippen molar-refractivity contribution in [2.75, 3.05) is 6.54 Å². The molecule has 1 unspecified atom stereocenters. The maximum atomic E-state index is 14.3. The van der Waals surface area contributed by atoms with Crippen molar-refractivity contribution in [2.45, 2.75) is 19.1 Å². The third-order valence-corrected chi connectivity index (χ3v) is 4.82. The molecule has 0 saturated carbocycles. The van der Waals surface area contributed by atoms with Crippen molar-refractivity contribution >= 4 is 11.3 Å². The Kier molecular flexibility index (Phi) is 3.62. The summed E-state index contributed by atoms with van der Waals surface area (Å²) in [5, 5.41) is 13.7. The fourth-order valence-corrected chi connectivity index (χ4v) is 3.64. The molecule has 3 aromatic rings. The van der Waals surface area contributed by atoms with Gasteiger partial charge in [0.05, 0.1) is 6.54 Å².